The van der Waals surface area contributed by atoms with Crippen LogP contribution < -0.4 is 5.32 Å². The minimum atomic E-state index is -0.477. The molecule has 112 valence electrons. The minimum absolute atomic E-state index is 0.0811. The lowest BCUT2D eigenvalue weighted by molar-refractivity contribution is 0.106. The summed E-state index contributed by atoms with van der Waals surface area (Å²) >= 11 is 0. The first-order valence-electron chi connectivity index (χ1n) is 7.70. The van der Waals surface area contributed by atoms with E-state index in [0.29, 0.717) is 5.92 Å². The molecule has 2 nitrogen and oxygen atoms in total. The van der Waals surface area contributed by atoms with E-state index in [1.165, 1.54) is 11.1 Å². The maximum Gasteiger partial charge on any atom is 0.0945 e. The highest BCUT2D eigenvalue weighted by Crippen LogP contribution is 2.25. The zero-order valence-corrected chi connectivity index (χ0v) is 13.1. The molecule has 2 atom stereocenters. The number of nitrogens with one attached hydrogen (secondary N) is 1. The predicted octanol–water partition coefficient (Wildman–Crippen LogP) is 4.02. The Kier molecular flexibility index (Phi) is 5.54. The fraction of sp³-hybridized carbons (Fsp3) is 0.368. The molecule has 2 N–H and O–H groups in total. The van der Waals surface area contributed by atoms with Crippen molar-refractivity contribution in [1.29, 1.82) is 0 Å². The summed E-state index contributed by atoms with van der Waals surface area (Å²) in [5, 5.41) is 14.0. The minimum Gasteiger partial charge on any atom is -0.387 e. The van der Waals surface area contributed by atoms with Gasteiger partial charge in [-0.15, -0.1) is 0 Å². The van der Waals surface area contributed by atoms with Gasteiger partial charge in [0.1, 0.15) is 0 Å². The Bertz CT molecular complexity index is 533. The highest BCUT2D eigenvalue weighted by atomic mass is 16.3. The fourth-order valence-corrected chi connectivity index (χ4v) is 2.66. The van der Waals surface area contributed by atoms with Crippen LogP contribution in [0.4, 0.5) is 0 Å². The third-order valence-electron chi connectivity index (χ3n) is 3.86. The largest absolute Gasteiger partial charge is 0.387 e. The first kappa shape index (κ1) is 15.7. The Morgan fingerprint density at radius 2 is 1.48 bits per heavy atom. The van der Waals surface area contributed by atoms with Crippen molar-refractivity contribution in [3.05, 3.63) is 60.2 Å². The zero-order chi connectivity index (χ0) is 15.2. The Labute approximate surface area is 127 Å². The van der Waals surface area contributed by atoms with Gasteiger partial charge in [-0.1, -0.05) is 75.4 Å². The van der Waals surface area contributed by atoms with Crippen LogP contribution in [0.25, 0.3) is 11.1 Å². The summed E-state index contributed by atoms with van der Waals surface area (Å²) < 4.78 is 0. The fourth-order valence-electron chi connectivity index (χ4n) is 2.66. The summed E-state index contributed by atoms with van der Waals surface area (Å²) in [6.45, 7) is 7.20. The van der Waals surface area contributed by atoms with E-state index in [1.807, 2.05) is 30.3 Å². The van der Waals surface area contributed by atoms with Crippen LogP contribution in [0, 0.1) is 5.92 Å². The molecule has 0 spiro atoms. The summed E-state index contributed by atoms with van der Waals surface area (Å²) in [5.41, 5.74) is 3.34. The van der Waals surface area contributed by atoms with Crippen LogP contribution in [0.1, 0.15) is 32.4 Å². The van der Waals surface area contributed by atoms with E-state index < -0.39 is 6.10 Å². The monoisotopic (exact) mass is 283 g/mol. The second-order valence-corrected chi connectivity index (χ2v) is 5.76. The van der Waals surface area contributed by atoms with Crippen molar-refractivity contribution in [2.75, 3.05) is 6.54 Å². The van der Waals surface area contributed by atoms with E-state index >= 15 is 0 Å². The smallest absolute Gasteiger partial charge is 0.0945 e. The average Bonchev–Trinajstić information content (AvgIpc) is 2.53. The van der Waals surface area contributed by atoms with Crippen LogP contribution >= 0.6 is 0 Å². The molecule has 0 fully saturated rings. The molecule has 2 rings (SSSR count). The molecule has 0 saturated heterocycles. The van der Waals surface area contributed by atoms with E-state index in [1.54, 1.807) is 0 Å². The second-order valence-electron chi connectivity index (χ2n) is 5.76. The van der Waals surface area contributed by atoms with Crippen molar-refractivity contribution >= 4 is 0 Å². The van der Waals surface area contributed by atoms with E-state index in [4.69, 9.17) is 0 Å². The van der Waals surface area contributed by atoms with Crippen molar-refractivity contribution < 1.29 is 5.11 Å². The molecular weight excluding hydrogens is 258 g/mol. The van der Waals surface area contributed by atoms with Gasteiger partial charge < -0.3 is 10.4 Å². The van der Waals surface area contributed by atoms with Crippen molar-refractivity contribution in [1.82, 2.24) is 5.32 Å². The number of aliphatic hydroxyl groups is 1. The lowest BCUT2D eigenvalue weighted by atomic mass is 9.92. The number of likely N-dealkylation sites (N-methyl/N-ethyl adjacent to an activating group) is 1. The summed E-state index contributed by atoms with van der Waals surface area (Å²) in [6.07, 6.45) is -0.477. The molecule has 0 bridgehead atoms. The molecule has 0 aliphatic carbocycles. The number of hydrogen-bond acceptors (Lipinski definition) is 2. The van der Waals surface area contributed by atoms with Gasteiger partial charge in [-0.3, -0.25) is 0 Å². The van der Waals surface area contributed by atoms with Crippen molar-refractivity contribution in [2.45, 2.75) is 32.9 Å². The average molecular weight is 283 g/mol. The van der Waals surface area contributed by atoms with E-state index in [9.17, 15) is 5.11 Å². The Morgan fingerprint density at radius 3 is 2.00 bits per heavy atom. The van der Waals surface area contributed by atoms with Crippen LogP contribution in [0.15, 0.2) is 54.6 Å². The molecule has 2 heteroatoms. The molecule has 0 saturated carbocycles. The molecular formula is C19H25NO. The summed E-state index contributed by atoms with van der Waals surface area (Å²) in [4.78, 5) is 0. The molecule has 0 heterocycles. The Morgan fingerprint density at radius 1 is 0.905 bits per heavy atom. The second kappa shape index (κ2) is 7.39. The standard InChI is InChI=1S/C19H25NO/c1-4-20-18(14(2)3)19(21)17-12-10-16(11-13-17)15-8-6-5-7-9-15/h5-14,18-21H,4H2,1-3H3. The van der Waals surface area contributed by atoms with Crippen molar-refractivity contribution in [2.24, 2.45) is 5.92 Å². The van der Waals surface area contributed by atoms with Crippen LogP contribution in [0.5, 0.6) is 0 Å². The van der Waals surface area contributed by atoms with Gasteiger partial charge in [-0.25, -0.2) is 0 Å². The molecule has 0 aliphatic rings. The summed E-state index contributed by atoms with van der Waals surface area (Å²) in [6, 6.07) is 18.6. The first-order chi connectivity index (χ1) is 10.1. The maximum absolute atomic E-state index is 10.6. The zero-order valence-electron chi connectivity index (χ0n) is 13.1. The lowest BCUT2D eigenvalue weighted by Crippen LogP contribution is -2.39. The van der Waals surface area contributed by atoms with Crippen LogP contribution in [-0.4, -0.2) is 17.7 Å². The third-order valence-corrected chi connectivity index (χ3v) is 3.86. The van der Waals surface area contributed by atoms with Crippen molar-refractivity contribution in [3.63, 3.8) is 0 Å². The van der Waals surface area contributed by atoms with Crippen LogP contribution in [0.3, 0.4) is 0 Å². The molecule has 2 aromatic carbocycles. The lowest BCUT2D eigenvalue weighted by Gasteiger charge is -2.27. The van der Waals surface area contributed by atoms with Crippen molar-refractivity contribution in [3.8, 4) is 11.1 Å². The highest BCUT2D eigenvalue weighted by Gasteiger charge is 2.22. The molecule has 0 aliphatic heterocycles. The quantitative estimate of drug-likeness (QED) is 0.839. The molecule has 0 radical (unpaired) electrons. The van der Waals surface area contributed by atoms with Crippen LogP contribution in [0.2, 0.25) is 0 Å². The Hall–Kier alpha value is -1.64. The van der Waals surface area contributed by atoms with E-state index in [-0.39, 0.29) is 6.04 Å². The number of benzene rings is 2. The van der Waals surface area contributed by atoms with Gasteiger partial charge in [0.25, 0.3) is 0 Å². The molecule has 2 unspecified atom stereocenters. The normalized spacial score (nSPS) is 14.1. The molecule has 2 aromatic rings. The summed E-state index contributed by atoms with van der Waals surface area (Å²) in [5.74, 6) is 0.383. The highest BCUT2D eigenvalue weighted by molar-refractivity contribution is 5.63. The van der Waals surface area contributed by atoms with Gasteiger partial charge in [-0.2, -0.15) is 0 Å². The maximum atomic E-state index is 10.6. The number of aliphatic hydroxyl groups excluding tert-OH is 1. The van der Waals surface area contributed by atoms with Gasteiger partial charge in [0.2, 0.25) is 0 Å². The number of hydrogen-bond donors (Lipinski definition) is 2. The topological polar surface area (TPSA) is 32.3 Å². The van der Waals surface area contributed by atoms with Gasteiger partial charge in [0.05, 0.1) is 6.10 Å². The van der Waals surface area contributed by atoms with E-state index in [0.717, 1.165) is 12.1 Å². The van der Waals surface area contributed by atoms with E-state index in [2.05, 4.69) is 50.4 Å². The van der Waals surface area contributed by atoms with Gasteiger partial charge in [0, 0.05) is 6.04 Å². The van der Waals surface area contributed by atoms with Crippen LogP contribution in [-0.2, 0) is 0 Å². The SMILES string of the molecule is CCNC(C(C)C)C(O)c1ccc(-c2ccccc2)cc1. The third kappa shape index (κ3) is 3.93. The Balaban J connectivity index is 2.18. The first-order valence-corrected chi connectivity index (χ1v) is 7.70. The molecule has 0 aromatic heterocycles. The number of rotatable bonds is 6. The van der Waals surface area contributed by atoms with Gasteiger partial charge in [-0.05, 0) is 29.2 Å². The summed E-state index contributed by atoms with van der Waals surface area (Å²) in [7, 11) is 0. The van der Waals surface area contributed by atoms with Gasteiger partial charge in [0.15, 0.2) is 0 Å². The molecule has 21 heavy (non-hydrogen) atoms. The van der Waals surface area contributed by atoms with Gasteiger partial charge >= 0.3 is 0 Å². The predicted molar refractivity (Wildman–Crippen MR) is 89.1 cm³/mol. The molecule has 0 amide bonds.